The van der Waals surface area contributed by atoms with Gasteiger partial charge in [-0.3, -0.25) is 4.79 Å². The average Bonchev–Trinajstić information content (AvgIpc) is 3.22. The van der Waals surface area contributed by atoms with Crippen LogP contribution in [0.5, 0.6) is 5.75 Å². The fraction of sp³-hybridized carbons (Fsp3) is 0.615. The third-order valence-corrected chi connectivity index (χ3v) is 7.06. The Kier molecular flexibility index (Phi) is 7.36. The quantitative estimate of drug-likeness (QED) is 0.661. The first-order chi connectivity index (χ1) is 16.3. The molecular weight excluding hydrogens is 432 g/mol. The molecule has 2 amide bonds. The maximum Gasteiger partial charge on any atom is 0.409 e. The summed E-state index contributed by atoms with van der Waals surface area (Å²) in [6.45, 7) is 12.8. The molecule has 1 aromatic heterocycles. The van der Waals surface area contributed by atoms with E-state index in [1.165, 1.54) is 7.11 Å². The minimum atomic E-state index is -0.342. The van der Waals surface area contributed by atoms with Gasteiger partial charge in [0.25, 0.3) is 5.91 Å². The van der Waals surface area contributed by atoms with Crippen molar-refractivity contribution >= 4 is 22.9 Å². The molecule has 0 radical (unpaired) electrons. The predicted molar refractivity (Wildman–Crippen MR) is 133 cm³/mol. The van der Waals surface area contributed by atoms with E-state index >= 15 is 0 Å². The van der Waals surface area contributed by atoms with E-state index in [0.29, 0.717) is 37.9 Å². The fourth-order valence-corrected chi connectivity index (χ4v) is 5.09. The summed E-state index contributed by atoms with van der Waals surface area (Å²) in [5.74, 6) is 0.861. The van der Waals surface area contributed by atoms with Crippen molar-refractivity contribution < 1.29 is 19.1 Å². The van der Waals surface area contributed by atoms with Gasteiger partial charge in [-0.05, 0) is 64.8 Å². The summed E-state index contributed by atoms with van der Waals surface area (Å²) in [6.07, 6.45) is 1.95. The van der Waals surface area contributed by atoms with Crippen LogP contribution in [0.15, 0.2) is 24.3 Å². The normalized spacial score (nSPS) is 18.2. The van der Waals surface area contributed by atoms with Crippen molar-refractivity contribution in [2.45, 2.75) is 58.7 Å². The van der Waals surface area contributed by atoms with E-state index in [2.05, 4.69) is 49.3 Å². The van der Waals surface area contributed by atoms with Crippen LogP contribution in [0.1, 0.15) is 57.1 Å². The maximum atomic E-state index is 13.5. The van der Waals surface area contributed by atoms with Crippen molar-refractivity contribution in [2.75, 3.05) is 46.4 Å². The number of benzene rings is 1. The Morgan fingerprint density at radius 1 is 0.882 bits per heavy atom. The van der Waals surface area contributed by atoms with E-state index in [-0.39, 0.29) is 24.1 Å². The molecule has 3 heterocycles. The summed E-state index contributed by atoms with van der Waals surface area (Å²) in [4.78, 5) is 31.2. The maximum absolute atomic E-state index is 13.5. The first-order valence-electron chi connectivity index (χ1n) is 12.5. The zero-order chi connectivity index (χ0) is 24.4. The van der Waals surface area contributed by atoms with Gasteiger partial charge >= 0.3 is 6.09 Å². The van der Waals surface area contributed by atoms with Gasteiger partial charge in [-0.15, -0.1) is 0 Å². The smallest absolute Gasteiger partial charge is 0.409 e. The second kappa shape index (κ2) is 10.3. The lowest BCUT2D eigenvalue weighted by atomic mass is 10.1. The van der Waals surface area contributed by atoms with Crippen molar-refractivity contribution in [2.24, 2.45) is 0 Å². The van der Waals surface area contributed by atoms with Gasteiger partial charge in [-0.1, -0.05) is 0 Å². The van der Waals surface area contributed by atoms with Crippen LogP contribution in [0, 0.1) is 0 Å². The molecule has 2 fully saturated rings. The van der Waals surface area contributed by atoms with E-state index in [1.807, 2.05) is 17.0 Å². The molecule has 2 aliphatic rings. The molecule has 0 aliphatic carbocycles. The number of methoxy groups -OCH3 is 1. The molecule has 0 N–H and O–H groups in total. The third kappa shape index (κ3) is 5.02. The third-order valence-electron chi connectivity index (χ3n) is 7.06. The highest BCUT2D eigenvalue weighted by Gasteiger charge is 2.28. The number of rotatable bonds is 5. The number of piperidine rings is 1. The Morgan fingerprint density at radius 3 is 2.12 bits per heavy atom. The highest BCUT2D eigenvalue weighted by Crippen LogP contribution is 2.30. The van der Waals surface area contributed by atoms with Gasteiger partial charge < -0.3 is 28.7 Å². The van der Waals surface area contributed by atoms with Gasteiger partial charge in [-0.25, -0.2) is 4.79 Å². The van der Waals surface area contributed by atoms with Gasteiger partial charge in [0.05, 0.1) is 7.11 Å². The van der Waals surface area contributed by atoms with Gasteiger partial charge in [0.2, 0.25) is 0 Å². The number of amides is 2. The van der Waals surface area contributed by atoms with Crippen LogP contribution >= 0.6 is 0 Å². The summed E-state index contributed by atoms with van der Waals surface area (Å²) in [7, 11) is 1.38. The molecule has 2 saturated heterocycles. The SMILES string of the molecule is COC(=O)N1CCN(C(=O)c2cc3cc(OC4CCN(C(C)C)CC4)ccc3n2C(C)C)CC1. The predicted octanol–water partition coefficient (Wildman–Crippen LogP) is 4.00. The lowest BCUT2D eigenvalue weighted by Crippen LogP contribution is -2.50. The van der Waals surface area contributed by atoms with Gasteiger partial charge in [0.15, 0.2) is 0 Å². The topological polar surface area (TPSA) is 67.2 Å². The lowest BCUT2D eigenvalue weighted by molar-refractivity contribution is 0.0590. The van der Waals surface area contributed by atoms with Gasteiger partial charge in [0, 0.05) is 62.3 Å². The molecule has 0 spiro atoms. The largest absolute Gasteiger partial charge is 0.490 e. The molecule has 8 heteroatoms. The lowest BCUT2D eigenvalue weighted by Gasteiger charge is -2.34. The Morgan fingerprint density at radius 2 is 1.53 bits per heavy atom. The molecule has 2 aliphatic heterocycles. The van der Waals surface area contributed by atoms with E-state index in [9.17, 15) is 9.59 Å². The zero-order valence-electron chi connectivity index (χ0n) is 21.1. The molecule has 0 atom stereocenters. The number of ether oxygens (including phenoxy) is 2. The van der Waals surface area contributed by atoms with Crippen molar-refractivity contribution in [1.82, 2.24) is 19.3 Å². The molecule has 4 rings (SSSR count). The standard InChI is InChI=1S/C26H38N4O4/c1-18(2)27-10-8-21(9-11-27)34-22-6-7-23-20(16-22)17-24(30(23)19(3)4)25(31)28-12-14-29(15-13-28)26(32)33-5/h6-7,16-19,21H,8-15H2,1-5H3. The highest BCUT2D eigenvalue weighted by molar-refractivity contribution is 5.99. The van der Waals surface area contributed by atoms with Crippen molar-refractivity contribution in [3.63, 3.8) is 0 Å². The molecule has 186 valence electrons. The van der Waals surface area contributed by atoms with E-state index in [0.717, 1.165) is 42.6 Å². The molecule has 8 nitrogen and oxygen atoms in total. The van der Waals surface area contributed by atoms with Crippen LogP contribution in [0.25, 0.3) is 10.9 Å². The Hall–Kier alpha value is -2.74. The zero-order valence-corrected chi connectivity index (χ0v) is 21.1. The summed E-state index contributed by atoms with van der Waals surface area (Å²) in [5, 5.41) is 1.02. The second-order valence-corrected chi connectivity index (χ2v) is 9.91. The summed E-state index contributed by atoms with van der Waals surface area (Å²) >= 11 is 0. The number of hydrogen-bond acceptors (Lipinski definition) is 5. The van der Waals surface area contributed by atoms with Crippen LogP contribution in [0.3, 0.4) is 0 Å². The van der Waals surface area contributed by atoms with Crippen molar-refractivity contribution in [1.29, 1.82) is 0 Å². The Labute approximate surface area is 202 Å². The molecule has 0 unspecified atom stereocenters. The van der Waals surface area contributed by atoms with E-state index in [4.69, 9.17) is 9.47 Å². The number of hydrogen-bond donors (Lipinski definition) is 0. The van der Waals surface area contributed by atoms with Crippen molar-refractivity contribution in [3.05, 3.63) is 30.0 Å². The van der Waals surface area contributed by atoms with E-state index in [1.54, 1.807) is 4.90 Å². The summed E-state index contributed by atoms with van der Waals surface area (Å²) in [6, 6.07) is 8.86. The highest BCUT2D eigenvalue weighted by atomic mass is 16.5. The number of piperazine rings is 1. The van der Waals surface area contributed by atoms with E-state index < -0.39 is 0 Å². The number of fused-ring (bicyclic) bond motifs is 1. The number of likely N-dealkylation sites (tertiary alicyclic amines) is 1. The van der Waals surface area contributed by atoms with Crippen LogP contribution in [0.2, 0.25) is 0 Å². The molecule has 2 aromatic rings. The monoisotopic (exact) mass is 470 g/mol. The minimum Gasteiger partial charge on any atom is -0.490 e. The molecule has 34 heavy (non-hydrogen) atoms. The molecular formula is C26H38N4O4. The van der Waals surface area contributed by atoms with Gasteiger partial charge in [0.1, 0.15) is 17.5 Å². The van der Waals surface area contributed by atoms with Crippen LogP contribution in [-0.2, 0) is 4.74 Å². The van der Waals surface area contributed by atoms with Gasteiger partial charge in [-0.2, -0.15) is 0 Å². The number of carbonyl (C=O) groups excluding carboxylic acids is 2. The average molecular weight is 471 g/mol. The van der Waals surface area contributed by atoms with Crippen LogP contribution in [0.4, 0.5) is 4.79 Å². The Bertz CT molecular complexity index is 1020. The van der Waals surface area contributed by atoms with Crippen LogP contribution < -0.4 is 4.74 Å². The summed E-state index contributed by atoms with van der Waals surface area (Å²) < 4.78 is 13.3. The summed E-state index contributed by atoms with van der Waals surface area (Å²) in [5.41, 5.74) is 1.72. The number of nitrogens with zero attached hydrogens (tertiary/aromatic N) is 4. The molecule has 0 bridgehead atoms. The second-order valence-electron chi connectivity index (χ2n) is 9.91. The van der Waals surface area contributed by atoms with Crippen LogP contribution in [-0.4, -0.2) is 89.8 Å². The van der Waals surface area contributed by atoms with Crippen molar-refractivity contribution in [3.8, 4) is 5.75 Å². The first kappa shape index (κ1) is 24.4. The first-order valence-corrected chi connectivity index (χ1v) is 12.5. The number of aromatic nitrogens is 1. The minimum absolute atomic E-state index is 0.00191. The molecule has 1 aromatic carbocycles. The molecule has 0 saturated carbocycles. The number of carbonyl (C=O) groups is 2. The fourth-order valence-electron chi connectivity index (χ4n) is 5.09. The Balaban J connectivity index is 1.50.